The minimum Gasteiger partial charge on any atom is -0.489 e. The van der Waals surface area contributed by atoms with Crippen LogP contribution in [0.5, 0.6) is 11.5 Å². The molecule has 0 spiro atoms. The van der Waals surface area contributed by atoms with E-state index >= 15 is 0 Å². The Morgan fingerprint density at radius 2 is 1.85 bits per heavy atom. The van der Waals surface area contributed by atoms with Crippen LogP contribution in [0, 0.1) is 6.92 Å². The normalized spacial score (nSPS) is 12.9. The molecule has 0 unspecified atom stereocenters. The number of benzene rings is 2. The molecule has 3 rings (SSSR count). The molecule has 6 nitrogen and oxygen atoms in total. The Morgan fingerprint density at radius 1 is 1.07 bits per heavy atom. The summed E-state index contributed by atoms with van der Waals surface area (Å²) in [7, 11) is 0. The van der Waals surface area contributed by atoms with E-state index in [1.165, 1.54) is 0 Å². The Kier molecular flexibility index (Phi) is 5.86. The molecule has 0 aromatic heterocycles. The number of aryl methyl sites for hydroxylation is 1. The molecule has 0 fully saturated rings. The van der Waals surface area contributed by atoms with Gasteiger partial charge in [0.05, 0.1) is 18.2 Å². The molecule has 2 N–H and O–H groups in total. The lowest BCUT2D eigenvalue weighted by molar-refractivity contribution is 0.0954. The van der Waals surface area contributed by atoms with Gasteiger partial charge in [0, 0.05) is 29.8 Å². The molecule has 0 saturated heterocycles. The molecule has 7 heteroatoms. The number of halogens is 1. The fraction of sp³-hybridized carbons (Fsp3) is 0.300. The first-order valence-corrected chi connectivity index (χ1v) is 9.16. The van der Waals surface area contributed by atoms with Gasteiger partial charge in [-0.3, -0.25) is 9.59 Å². The SMILES string of the molecule is CCNC(=O)c1ccc(C)c(NC(=O)c2cc(Cl)c3c(c2)OCCCO3)c1. The molecule has 142 valence electrons. The van der Waals surface area contributed by atoms with Crippen LogP contribution in [0.25, 0.3) is 0 Å². The number of hydrogen-bond donors (Lipinski definition) is 2. The van der Waals surface area contributed by atoms with E-state index in [4.69, 9.17) is 21.1 Å². The first-order chi connectivity index (χ1) is 13.0. The summed E-state index contributed by atoms with van der Waals surface area (Å²) in [4.78, 5) is 24.8. The molecular formula is C20H21ClN2O4. The van der Waals surface area contributed by atoms with Crippen molar-refractivity contribution in [2.75, 3.05) is 25.1 Å². The highest BCUT2D eigenvalue weighted by atomic mass is 35.5. The van der Waals surface area contributed by atoms with E-state index in [1.807, 2.05) is 13.8 Å². The maximum absolute atomic E-state index is 12.7. The fourth-order valence-electron chi connectivity index (χ4n) is 2.72. The summed E-state index contributed by atoms with van der Waals surface area (Å²) in [5.74, 6) is 0.383. The van der Waals surface area contributed by atoms with Gasteiger partial charge in [0.1, 0.15) is 0 Å². The molecular weight excluding hydrogens is 368 g/mol. The minimum atomic E-state index is -0.344. The zero-order valence-electron chi connectivity index (χ0n) is 15.2. The van der Waals surface area contributed by atoms with Crippen LogP contribution in [0.2, 0.25) is 5.02 Å². The first-order valence-electron chi connectivity index (χ1n) is 8.79. The molecule has 0 bridgehead atoms. The van der Waals surface area contributed by atoms with Crippen molar-refractivity contribution in [3.05, 3.63) is 52.0 Å². The van der Waals surface area contributed by atoms with Gasteiger partial charge in [-0.25, -0.2) is 0 Å². The van der Waals surface area contributed by atoms with Crippen LogP contribution in [-0.4, -0.2) is 31.6 Å². The number of carbonyl (C=O) groups excluding carboxylic acids is 2. The van der Waals surface area contributed by atoms with Crippen molar-refractivity contribution >= 4 is 29.1 Å². The molecule has 0 atom stereocenters. The van der Waals surface area contributed by atoms with Crippen molar-refractivity contribution in [1.82, 2.24) is 5.32 Å². The van der Waals surface area contributed by atoms with Gasteiger partial charge in [0.25, 0.3) is 11.8 Å². The number of nitrogens with one attached hydrogen (secondary N) is 2. The topological polar surface area (TPSA) is 76.7 Å². The quantitative estimate of drug-likeness (QED) is 0.834. The first kappa shape index (κ1) is 19.0. The maximum Gasteiger partial charge on any atom is 0.255 e. The number of ether oxygens (including phenoxy) is 2. The third-order valence-corrected chi connectivity index (χ3v) is 4.43. The maximum atomic E-state index is 12.7. The monoisotopic (exact) mass is 388 g/mol. The molecule has 2 amide bonds. The van der Waals surface area contributed by atoms with Gasteiger partial charge in [-0.1, -0.05) is 17.7 Å². The highest BCUT2D eigenvalue weighted by molar-refractivity contribution is 6.32. The van der Waals surface area contributed by atoms with Crippen LogP contribution in [0.1, 0.15) is 39.6 Å². The van der Waals surface area contributed by atoms with Crippen LogP contribution < -0.4 is 20.1 Å². The minimum absolute atomic E-state index is 0.188. The van der Waals surface area contributed by atoms with Gasteiger partial charge < -0.3 is 20.1 Å². The van der Waals surface area contributed by atoms with Crippen LogP contribution >= 0.6 is 11.6 Å². The van der Waals surface area contributed by atoms with Gasteiger partial charge >= 0.3 is 0 Å². The smallest absolute Gasteiger partial charge is 0.255 e. The summed E-state index contributed by atoms with van der Waals surface area (Å²) in [5, 5.41) is 5.91. The van der Waals surface area contributed by atoms with E-state index in [0.29, 0.717) is 53.1 Å². The number of carbonyl (C=O) groups is 2. The standard InChI is InChI=1S/C20H21ClN2O4/c1-3-22-19(24)13-6-5-12(2)16(10-13)23-20(25)14-9-15(21)18-17(11-14)26-7-4-8-27-18/h5-6,9-11H,3-4,7-8H2,1-2H3,(H,22,24)(H,23,25). The van der Waals surface area contributed by atoms with Crippen LogP contribution in [0.4, 0.5) is 5.69 Å². The van der Waals surface area contributed by atoms with Gasteiger partial charge in [-0.15, -0.1) is 0 Å². The summed E-state index contributed by atoms with van der Waals surface area (Å²) < 4.78 is 11.2. The largest absolute Gasteiger partial charge is 0.489 e. The van der Waals surface area contributed by atoms with E-state index in [1.54, 1.807) is 30.3 Å². The highest BCUT2D eigenvalue weighted by Gasteiger charge is 2.19. The highest BCUT2D eigenvalue weighted by Crippen LogP contribution is 2.38. The van der Waals surface area contributed by atoms with E-state index in [9.17, 15) is 9.59 Å². The lowest BCUT2D eigenvalue weighted by Crippen LogP contribution is -2.23. The van der Waals surface area contributed by atoms with Crippen molar-refractivity contribution in [1.29, 1.82) is 0 Å². The Labute approximate surface area is 162 Å². The predicted octanol–water partition coefficient (Wildman–Crippen LogP) is 3.81. The molecule has 1 aliphatic rings. The van der Waals surface area contributed by atoms with Crippen LogP contribution in [0.15, 0.2) is 30.3 Å². The van der Waals surface area contributed by atoms with Crippen LogP contribution in [-0.2, 0) is 0 Å². The molecule has 0 aliphatic carbocycles. The molecule has 1 heterocycles. The second kappa shape index (κ2) is 8.31. The Balaban J connectivity index is 1.85. The Morgan fingerprint density at radius 3 is 2.63 bits per heavy atom. The molecule has 2 aromatic carbocycles. The summed E-state index contributed by atoms with van der Waals surface area (Å²) >= 11 is 6.26. The van der Waals surface area contributed by atoms with E-state index in [2.05, 4.69) is 10.6 Å². The molecule has 0 saturated carbocycles. The zero-order chi connectivity index (χ0) is 19.4. The molecule has 1 aliphatic heterocycles. The van der Waals surface area contributed by atoms with Gasteiger partial charge in [-0.2, -0.15) is 0 Å². The van der Waals surface area contributed by atoms with E-state index < -0.39 is 0 Å². The van der Waals surface area contributed by atoms with Crippen molar-refractivity contribution in [2.24, 2.45) is 0 Å². The van der Waals surface area contributed by atoms with E-state index in [-0.39, 0.29) is 11.8 Å². The van der Waals surface area contributed by atoms with Crippen molar-refractivity contribution in [2.45, 2.75) is 20.3 Å². The average Bonchev–Trinajstić information content (AvgIpc) is 2.89. The van der Waals surface area contributed by atoms with Gasteiger partial charge in [0.2, 0.25) is 0 Å². The zero-order valence-corrected chi connectivity index (χ0v) is 16.0. The predicted molar refractivity (Wildman–Crippen MR) is 104 cm³/mol. The number of fused-ring (bicyclic) bond motifs is 1. The number of amides is 2. The third-order valence-electron chi connectivity index (χ3n) is 4.15. The van der Waals surface area contributed by atoms with Crippen molar-refractivity contribution in [3.8, 4) is 11.5 Å². The van der Waals surface area contributed by atoms with E-state index in [0.717, 1.165) is 12.0 Å². The number of rotatable bonds is 4. The lowest BCUT2D eigenvalue weighted by atomic mass is 10.1. The van der Waals surface area contributed by atoms with Crippen molar-refractivity contribution in [3.63, 3.8) is 0 Å². The molecule has 27 heavy (non-hydrogen) atoms. The Hall–Kier alpha value is -2.73. The van der Waals surface area contributed by atoms with Crippen molar-refractivity contribution < 1.29 is 19.1 Å². The Bertz CT molecular complexity index is 883. The summed E-state index contributed by atoms with van der Waals surface area (Å²) in [6.45, 7) is 5.26. The van der Waals surface area contributed by atoms with Crippen LogP contribution in [0.3, 0.4) is 0 Å². The van der Waals surface area contributed by atoms with Gasteiger partial charge in [-0.05, 0) is 43.7 Å². The number of anilines is 1. The summed E-state index contributed by atoms with van der Waals surface area (Å²) in [5.41, 5.74) is 2.24. The number of hydrogen-bond acceptors (Lipinski definition) is 4. The molecule has 0 radical (unpaired) electrons. The second-order valence-corrected chi connectivity index (χ2v) is 6.59. The van der Waals surface area contributed by atoms with Gasteiger partial charge in [0.15, 0.2) is 11.5 Å². The second-order valence-electron chi connectivity index (χ2n) is 6.18. The summed E-state index contributed by atoms with van der Waals surface area (Å²) in [6, 6.07) is 8.34. The average molecular weight is 389 g/mol. The lowest BCUT2D eigenvalue weighted by Gasteiger charge is -2.13. The summed E-state index contributed by atoms with van der Waals surface area (Å²) in [6.07, 6.45) is 0.748. The molecule has 2 aromatic rings. The third kappa shape index (κ3) is 4.34. The fourth-order valence-corrected chi connectivity index (χ4v) is 2.98.